The first-order valence-corrected chi connectivity index (χ1v) is 7.70. The number of amides is 1. The summed E-state index contributed by atoms with van der Waals surface area (Å²) in [5.41, 5.74) is 0. The molecule has 0 bridgehead atoms. The summed E-state index contributed by atoms with van der Waals surface area (Å²) in [6.07, 6.45) is 9.07. The summed E-state index contributed by atoms with van der Waals surface area (Å²) in [4.78, 5) is 18.5. The van der Waals surface area contributed by atoms with Gasteiger partial charge in [0.1, 0.15) is 5.82 Å². The predicted octanol–water partition coefficient (Wildman–Crippen LogP) is 2.36. The molecule has 0 spiro atoms. The predicted molar refractivity (Wildman–Crippen MR) is 79.6 cm³/mol. The van der Waals surface area contributed by atoms with Crippen LogP contribution >= 0.6 is 0 Å². The lowest BCUT2D eigenvalue weighted by molar-refractivity contribution is -0.121. The number of anilines is 1. The van der Waals surface area contributed by atoms with E-state index >= 15 is 0 Å². The lowest BCUT2D eigenvalue weighted by Gasteiger charge is -2.40. The molecule has 1 N–H and O–H groups in total. The summed E-state index contributed by atoms with van der Waals surface area (Å²) in [5.74, 6) is 1.66. The third-order valence-corrected chi connectivity index (χ3v) is 4.77. The van der Waals surface area contributed by atoms with E-state index in [2.05, 4.69) is 10.3 Å². The van der Waals surface area contributed by atoms with Crippen molar-refractivity contribution >= 4 is 11.7 Å². The average Bonchev–Trinajstić information content (AvgIpc) is 2.54. The van der Waals surface area contributed by atoms with Gasteiger partial charge in [0.25, 0.3) is 0 Å². The molecule has 0 aromatic carbocycles. The maximum Gasteiger partial charge on any atom is 0.245 e. The van der Waals surface area contributed by atoms with E-state index in [9.17, 15) is 4.79 Å². The van der Waals surface area contributed by atoms with Gasteiger partial charge in [-0.2, -0.15) is 0 Å². The molecule has 4 heteroatoms. The van der Waals surface area contributed by atoms with Crippen LogP contribution in [-0.4, -0.2) is 30.0 Å². The van der Waals surface area contributed by atoms with Crippen LogP contribution < -0.4 is 10.2 Å². The highest BCUT2D eigenvalue weighted by Crippen LogP contribution is 2.32. The molecule has 2 aliphatic rings. The van der Waals surface area contributed by atoms with E-state index in [0.717, 1.165) is 18.2 Å². The van der Waals surface area contributed by atoms with Crippen LogP contribution in [0.1, 0.15) is 38.5 Å². The van der Waals surface area contributed by atoms with Gasteiger partial charge in [-0.15, -0.1) is 0 Å². The quantitative estimate of drug-likeness (QED) is 0.899. The Morgan fingerprint density at radius 3 is 2.90 bits per heavy atom. The van der Waals surface area contributed by atoms with Crippen molar-refractivity contribution in [2.24, 2.45) is 5.92 Å². The molecule has 1 saturated carbocycles. The molecular formula is C16H23N3O. The van der Waals surface area contributed by atoms with E-state index in [1.807, 2.05) is 25.2 Å². The third-order valence-electron chi connectivity index (χ3n) is 4.77. The summed E-state index contributed by atoms with van der Waals surface area (Å²) < 4.78 is 0. The molecule has 1 aromatic heterocycles. The lowest BCUT2D eigenvalue weighted by Crippen LogP contribution is -2.55. The van der Waals surface area contributed by atoms with Crippen LogP contribution in [0.4, 0.5) is 5.82 Å². The Morgan fingerprint density at radius 1 is 1.25 bits per heavy atom. The molecule has 1 aliphatic heterocycles. The van der Waals surface area contributed by atoms with Crippen LogP contribution in [0.2, 0.25) is 0 Å². The average molecular weight is 273 g/mol. The number of hydrogen-bond acceptors (Lipinski definition) is 3. The van der Waals surface area contributed by atoms with E-state index in [0.29, 0.717) is 6.04 Å². The molecule has 1 saturated heterocycles. The second-order valence-electron chi connectivity index (χ2n) is 6.03. The zero-order valence-corrected chi connectivity index (χ0v) is 12.1. The first-order valence-electron chi connectivity index (χ1n) is 7.70. The largest absolute Gasteiger partial charge is 0.303 e. The summed E-state index contributed by atoms with van der Waals surface area (Å²) in [7, 11) is 1.82. The zero-order valence-electron chi connectivity index (χ0n) is 12.1. The molecule has 108 valence electrons. The zero-order chi connectivity index (χ0) is 13.9. The molecular weight excluding hydrogens is 250 g/mol. The van der Waals surface area contributed by atoms with Gasteiger partial charge < -0.3 is 5.32 Å². The number of nitrogens with zero attached hydrogens (tertiary/aromatic N) is 2. The summed E-state index contributed by atoms with van der Waals surface area (Å²) in [6.45, 7) is 0. The minimum Gasteiger partial charge on any atom is -0.303 e. The van der Waals surface area contributed by atoms with Crippen molar-refractivity contribution in [2.75, 3.05) is 11.9 Å². The van der Waals surface area contributed by atoms with Crippen LogP contribution in [0, 0.1) is 5.92 Å². The Labute approximate surface area is 120 Å². The number of carbonyl (C=O) groups is 1. The highest BCUT2D eigenvalue weighted by atomic mass is 16.2. The number of piperidine rings is 1. The van der Waals surface area contributed by atoms with E-state index < -0.39 is 0 Å². The normalized spacial score (nSPS) is 29.6. The highest BCUT2D eigenvalue weighted by molar-refractivity contribution is 5.95. The lowest BCUT2D eigenvalue weighted by atomic mass is 9.77. The van der Waals surface area contributed by atoms with Gasteiger partial charge in [-0.05, 0) is 43.7 Å². The van der Waals surface area contributed by atoms with Gasteiger partial charge in [0.2, 0.25) is 5.91 Å². The van der Waals surface area contributed by atoms with Gasteiger partial charge >= 0.3 is 0 Å². The third kappa shape index (κ3) is 2.70. The standard InChI is InChI=1S/C16H23N3O/c1-19(15-8-4-5-11-17-15)16(20)14-10-9-12-6-2-3-7-13(12)18-14/h4-5,8,11-14,18H,2-3,6-7,9-10H2,1H3. The summed E-state index contributed by atoms with van der Waals surface area (Å²) in [5, 5.41) is 3.59. The topological polar surface area (TPSA) is 45.2 Å². The Hall–Kier alpha value is -1.42. The van der Waals surface area contributed by atoms with Gasteiger partial charge in [-0.1, -0.05) is 18.9 Å². The number of carbonyl (C=O) groups excluding carboxylic acids is 1. The van der Waals surface area contributed by atoms with Gasteiger partial charge in [-0.25, -0.2) is 4.98 Å². The Kier molecular flexibility index (Phi) is 4.01. The second kappa shape index (κ2) is 5.92. The molecule has 3 atom stereocenters. The van der Waals surface area contributed by atoms with E-state index in [-0.39, 0.29) is 11.9 Å². The molecule has 1 amide bonds. The number of rotatable bonds is 2. The number of likely N-dealkylation sites (N-methyl/N-ethyl adjacent to an activating group) is 1. The maximum absolute atomic E-state index is 12.6. The van der Waals surface area contributed by atoms with Crippen LogP contribution in [0.3, 0.4) is 0 Å². The number of hydrogen-bond donors (Lipinski definition) is 1. The molecule has 20 heavy (non-hydrogen) atoms. The minimum atomic E-state index is -0.0404. The van der Waals surface area contributed by atoms with Crippen molar-refractivity contribution in [3.8, 4) is 0 Å². The second-order valence-corrected chi connectivity index (χ2v) is 6.03. The maximum atomic E-state index is 12.6. The van der Waals surface area contributed by atoms with Crippen LogP contribution in [-0.2, 0) is 4.79 Å². The van der Waals surface area contributed by atoms with Crippen molar-refractivity contribution < 1.29 is 4.79 Å². The number of aromatic nitrogens is 1. The van der Waals surface area contributed by atoms with Crippen molar-refractivity contribution in [3.05, 3.63) is 24.4 Å². The van der Waals surface area contributed by atoms with E-state index in [1.165, 1.54) is 32.1 Å². The van der Waals surface area contributed by atoms with Crippen molar-refractivity contribution in [2.45, 2.75) is 50.6 Å². The van der Waals surface area contributed by atoms with Crippen LogP contribution in [0.25, 0.3) is 0 Å². The monoisotopic (exact) mass is 273 g/mol. The Balaban J connectivity index is 1.65. The molecule has 3 rings (SSSR count). The first-order chi connectivity index (χ1) is 9.75. The highest BCUT2D eigenvalue weighted by Gasteiger charge is 2.35. The Bertz CT molecular complexity index is 462. The number of fused-ring (bicyclic) bond motifs is 1. The van der Waals surface area contributed by atoms with E-state index in [4.69, 9.17) is 0 Å². The van der Waals surface area contributed by atoms with E-state index in [1.54, 1.807) is 11.1 Å². The van der Waals surface area contributed by atoms with Crippen molar-refractivity contribution in [3.63, 3.8) is 0 Å². The molecule has 2 heterocycles. The first kappa shape index (κ1) is 13.6. The van der Waals surface area contributed by atoms with Gasteiger partial charge in [0.05, 0.1) is 6.04 Å². The van der Waals surface area contributed by atoms with Gasteiger partial charge in [0, 0.05) is 19.3 Å². The molecule has 2 fully saturated rings. The fourth-order valence-corrected chi connectivity index (χ4v) is 3.59. The summed E-state index contributed by atoms with van der Waals surface area (Å²) >= 11 is 0. The minimum absolute atomic E-state index is 0.0404. The SMILES string of the molecule is CN(C(=O)C1CCC2CCCCC2N1)c1ccccn1. The van der Waals surface area contributed by atoms with Crippen LogP contribution in [0.5, 0.6) is 0 Å². The number of nitrogens with one attached hydrogen (secondary N) is 1. The fourth-order valence-electron chi connectivity index (χ4n) is 3.59. The van der Waals surface area contributed by atoms with Gasteiger partial charge in [0.15, 0.2) is 0 Å². The molecule has 1 aromatic rings. The van der Waals surface area contributed by atoms with Crippen LogP contribution in [0.15, 0.2) is 24.4 Å². The number of pyridine rings is 1. The van der Waals surface area contributed by atoms with Crippen molar-refractivity contribution in [1.29, 1.82) is 0 Å². The van der Waals surface area contributed by atoms with Gasteiger partial charge in [-0.3, -0.25) is 9.69 Å². The molecule has 1 aliphatic carbocycles. The fraction of sp³-hybridized carbons (Fsp3) is 0.625. The molecule has 0 radical (unpaired) electrons. The van der Waals surface area contributed by atoms with Crippen molar-refractivity contribution in [1.82, 2.24) is 10.3 Å². The summed E-state index contributed by atoms with van der Waals surface area (Å²) in [6, 6.07) is 6.17. The smallest absolute Gasteiger partial charge is 0.245 e. The Morgan fingerprint density at radius 2 is 2.10 bits per heavy atom. The molecule has 4 nitrogen and oxygen atoms in total. The molecule has 3 unspecified atom stereocenters.